The second-order valence-corrected chi connectivity index (χ2v) is 6.89. The van der Waals surface area contributed by atoms with E-state index in [1.165, 1.54) is 24.2 Å². The van der Waals surface area contributed by atoms with E-state index in [1.54, 1.807) is 0 Å². The number of hydrogen-bond acceptors (Lipinski definition) is 4. The third-order valence-corrected chi connectivity index (χ3v) is 5.06. The third-order valence-electron chi connectivity index (χ3n) is 5.06. The van der Waals surface area contributed by atoms with Crippen LogP contribution in [0.5, 0.6) is 0 Å². The predicted octanol–water partition coefficient (Wildman–Crippen LogP) is 2.60. The Morgan fingerprint density at radius 3 is 2.68 bits per heavy atom. The van der Waals surface area contributed by atoms with E-state index < -0.39 is 0 Å². The first kappa shape index (κ1) is 16.0. The summed E-state index contributed by atoms with van der Waals surface area (Å²) in [5.74, 6) is 0.505. The van der Waals surface area contributed by atoms with Crippen molar-refractivity contribution in [1.82, 2.24) is 29.4 Å². The molecule has 3 aromatic rings. The number of aromatic nitrogens is 5. The molecule has 0 amide bonds. The van der Waals surface area contributed by atoms with Gasteiger partial charge >= 0.3 is 0 Å². The van der Waals surface area contributed by atoms with Crippen LogP contribution in [0.2, 0.25) is 0 Å². The lowest BCUT2D eigenvalue weighted by molar-refractivity contribution is 0.194. The molecule has 0 spiro atoms. The lowest BCUT2D eigenvalue weighted by Gasteiger charge is -2.32. The zero-order chi connectivity index (χ0) is 17.2. The van der Waals surface area contributed by atoms with E-state index in [2.05, 4.69) is 33.3 Å². The summed E-state index contributed by atoms with van der Waals surface area (Å²) in [5.41, 5.74) is 4.70. The number of nitrogens with zero attached hydrogens (tertiary/aromatic N) is 6. The van der Waals surface area contributed by atoms with E-state index in [9.17, 15) is 0 Å². The molecule has 4 heterocycles. The molecule has 6 nitrogen and oxygen atoms in total. The van der Waals surface area contributed by atoms with Crippen molar-refractivity contribution in [3.8, 4) is 11.1 Å². The average Bonchev–Trinajstić information content (AvgIpc) is 3.24. The Balaban J connectivity index is 1.45. The molecule has 0 aromatic carbocycles. The molecule has 0 saturated carbocycles. The summed E-state index contributed by atoms with van der Waals surface area (Å²) in [6.07, 6.45) is 10.2. The molecule has 1 fully saturated rings. The first-order valence-electron chi connectivity index (χ1n) is 8.83. The topological polar surface area (TPSA) is 51.8 Å². The van der Waals surface area contributed by atoms with Gasteiger partial charge in [-0.05, 0) is 31.5 Å². The fourth-order valence-electron chi connectivity index (χ4n) is 3.61. The summed E-state index contributed by atoms with van der Waals surface area (Å²) in [4.78, 5) is 7.27. The smallest absolute Gasteiger partial charge is 0.0568 e. The van der Waals surface area contributed by atoms with Crippen LogP contribution < -0.4 is 0 Å². The highest BCUT2D eigenvalue weighted by Gasteiger charge is 2.23. The SMILES string of the molecule is Cn1cc(-c2ccc([C@@H]3CCCN(Cc4ccnn4C)C3)nc2)cn1. The van der Waals surface area contributed by atoms with Crippen molar-refractivity contribution in [3.63, 3.8) is 0 Å². The van der Waals surface area contributed by atoms with Crippen LogP contribution in [-0.4, -0.2) is 42.5 Å². The molecular formula is C19H24N6. The van der Waals surface area contributed by atoms with Crippen molar-refractivity contribution < 1.29 is 0 Å². The van der Waals surface area contributed by atoms with Crippen molar-refractivity contribution in [3.05, 3.63) is 54.4 Å². The van der Waals surface area contributed by atoms with Crippen LogP contribution in [0.25, 0.3) is 11.1 Å². The average molecular weight is 336 g/mol. The molecule has 1 aliphatic rings. The first-order chi connectivity index (χ1) is 12.2. The molecule has 1 aliphatic heterocycles. The van der Waals surface area contributed by atoms with Crippen LogP contribution in [0.1, 0.15) is 30.1 Å². The van der Waals surface area contributed by atoms with Gasteiger partial charge in [-0.25, -0.2) is 0 Å². The van der Waals surface area contributed by atoms with Crippen LogP contribution in [0.15, 0.2) is 43.0 Å². The molecule has 1 atom stereocenters. The highest BCUT2D eigenvalue weighted by molar-refractivity contribution is 5.60. The Bertz CT molecular complexity index is 832. The van der Waals surface area contributed by atoms with E-state index >= 15 is 0 Å². The standard InChI is InChI=1S/C19H24N6/c1-23-12-17(11-22-23)15-5-6-19(20-10-15)16-4-3-9-25(13-16)14-18-7-8-21-24(18)2/h5-8,10-12,16H,3-4,9,13-14H2,1-2H3/t16-/m1/s1. The number of aryl methyl sites for hydroxylation is 2. The van der Waals surface area contributed by atoms with Gasteiger partial charge < -0.3 is 0 Å². The molecule has 25 heavy (non-hydrogen) atoms. The molecule has 0 radical (unpaired) electrons. The maximum Gasteiger partial charge on any atom is 0.0568 e. The minimum Gasteiger partial charge on any atom is -0.297 e. The van der Waals surface area contributed by atoms with Crippen LogP contribution >= 0.6 is 0 Å². The molecule has 4 rings (SSSR count). The van der Waals surface area contributed by atoms with Gasteiger partial charge in [0, 0.05) is 68.5 Å². The van der Waals surface area contributed by atoms with Gasteiger partial charge in [-0.2, -0.15) is 10.2 Å². The quantitative estimate of drug-likeness (QED) is 0.735. The number of likely N-dealkylation sites (tertiary alicyclic amines) is 1. The number of pyridine rings is 1. The van der Waals surface area contributed by atoms with Gasteiger partial charge in [-0.1, -0.05) is 6.07 Å². The third kappa shape index (κ3) is 3.49. The summed E-state index contributed by atoms with van der Waals surface area (Å²) in [7, 11) is 3.94. The van der Waals surface area contributed by atoms with Crippen molar-refractivity contribution in [1.29, 1.82) is 0 Å². The van der Waals surface area contributed by atoms with E-state index in [1.807, 2.05) is 48.2 Å². The van der Waals surface area contributed by atoms with Crippen molar-refractivity contribution >= 4 is 0 Å². The Hall–Kier alpha value is -2.47. The minimum atomic E-state index is 0.505. The highest BCUT2D eigenvalue weighted by Crippen LogP contribution is 2.28. The van der Waals surface area contributed by atoms with E-state index in [4.69, 9.17) is 4.98 Å². The van der Waals surface area contributed by atoms with Gasteiger partial charge in [0.05, 0.1) is 11.9 Å². The fourth-order valence-corrected chi connectivity index (χ4v) is 3.61. The molecule has 6 heteroatoms. The van der Waals surface area contributed by atoms with Crippen LogP contribution in [0.4, 0.5) is 0 Å². The summed E-state index contributed by atoms with van der Waals surface area (Å²) in [6, 6.07) is 6.45. The van der Waals surface area contributed by atoms with Gasteiger partial charge in [0.2, 0.25) is 0 Å². The molecule has 130 valence electrons. The molecule has 0 aliphatic carbocycles. The van der Waals surface area contributed by atoms with Gasteiger partial charge in [-0.3, -0.25) is 19.2 Å². The maximum absolute atomic E-state index is 4.76. The Labute approximate surface area is 148 Å². The lowest BCUT2D eigenvalue weighted by atomic mass is 9.93. The van der Waals surface area contributed by atoms with Gasteiger partial charge in [0.1, 0.15) is 0 Å². The normalized spacial score (nSPS) is 18.6. The van der Waals surface area contributed by atoms with Gasteiger partial charge in [0.15, 0.2) is 0 Å². The van der Waals surface area contributed by atoms with Crippen LogP contribution in [-0.2, 0) is 20.6 Å². The first-order valence-corrected chi connectivity index (χ1v) is 8.83. The fraction of sp³-hybridized carbons (Fsp3) is 0.421. The predicted molar refractivity (Wildman–Crippen MR) is 96.9 cm³/mol. The second kappa shape index (κ2) is 6.80. The molecule has 1 saturated heterocycles. The monoisotopic (exact) mass is 336 g/mol. The summed E-state index contributed by atoms with van der Waals surface area (Å²) in [5, 5.41) is 8.50. The molecule has 3 aromatic heterocycles. The van der Waals surface area contributed by atoms with E-state index in [-0.39, 0.29) is 0 Å². The Kier molecular flexibility index (Phi) is 4.36. The van der Waals surface area contributed by atoms with Crippen molar-refractivity contribution in [2.24, 2.45) is 14.1 Å². The van der Waals surface area contributed by atoms with Crippen LogP contribution in [0.3, 0.4) is 0 Å². The van der Waals surface area contributed by atoms with E-state index in [0.717, 1.165) is 30.8 Å². The number of piperidine rings is 1. The molecule has 0 unspecified atom stereocenters. The summed E-state index contributed by atoms with van der Waals surface area (Å²) >= 11 is 0. The van der Waals surface area contributed by atoms with Gasteiger partial charge in [0.25, 0.3) is 0 Å². The maximum atomic E-state index is 4.76. The molecule has 0 bridgehead atoms. The Morgan fingerprint density at radius 2 is 2.00 bits per heavy atom. The van der Waals surface area contributed by atoms with E-state index in [0.29, 0.717) is 5.92 Å². The molecule has 0 N–H and O–H groups in total. The minimum absolute atomic E-state index is 0.505. The zero-order valence-corrected chi connectivity index (χ0v) is 14.8. The summed E-state index contributed by atoms with van der Waals surface area (Å²) in [6.45, 7) is 3.17. The lowest BCUT2D eigenvalue weighted by Crippen LogP contribution is -2.34. The second-order valence-electron chi connectivity index (χ2n) is 6.89. The zero-order valence-electron chi connectivity index (χ0n) is 14.8. The van der Waals surface area contributed by atoms with Crippen LogP contribution in [0, 0.1) is 0 Å². The highest BCUT2D eigenvalue weighted by atomic mass is 15.3. The Morgan fingerprint density at radius 1 is 1.08 bits per heavy atom. The largest absolute Gasteiger partial charge is 0.297 e. The molecular weight excluding hydrogens is 312 g/mol. The van der Waals surface area contributed by atoms with Crippen molar-refractivity contribution in [2.45, 2.75) is 25.3 Å². The van der Waals surface area contributed by atoms with Gasteiger partial charge in [-0.15, -0.1) is 0 Å². The number of hydrogen-bond donors (Lipinski definition) is 0. The number of rotatable bonds is 4. The van der Waals surface area contributed by atoms with Crippen molar-refractivity contribution in [2.75, 3.05) is 13.1 Å². The summed E-state index contributed by atoms with van der Waals surface area (Å²) < 4.78 is 3.78.